The molecule has 1 amide bonds. The van der Waals surface area contributed by atoms with E-state index in [0.717, 1.165) is 42.2 Å². The molecule has 3 unspecified atom stereocenters. The van der Waals surface area contributed by atoms with Gasteiger partial charge in [0.2, 0.25) is 0 Å². The predicted molar refractivity (Wildman–Crippen MR) is 110 cm³/mol. The maximum atomic E-state index is 12.8. The monoisotopic (exact) mass is 397 g/mol. The number of aromatic nitrogens is 1. The molecule has 3 fully saturated rings. The first kappa shape index (κ1) is 19.0. The van der Waals surface area contributed by atoms with Crippen molar-refractivity contribution >= 4 is 17.5 Å². The molecule has 1 aromatic heterocycles. The maximum absolute atomic E-state index is 12.8. The maximum Gasteiger partial charge on any atom is 0.256 e. The second-order valence-electron chi connectivity index (χ2n) is 9.98. The first-order valence-electron chi connectivity index (χ1n) is 10.9. The minimum absolute atomic E-state index is 0.00343. The standard InChI is InChI=1S/C23H31N3O3/c1-13(27)10-25-11-17-20(22(25)28)14(2)15(3)21(24-17)26-8-5-19(16-9-18(16)26)29-12-23(4)6-7-23/h16,18-19H,5-12H2,1-4H3. The Morgan fingerprint density at radius 1 is 1.28 bits per heavy atom. The van der Waals surface area contributed by atoms with E-state index < -0.39 is 0 Å². The number of ether oxygens (including phenoxy) is 1. The number of ketones is 1. The van der Waals surface area contributed by atoms with Crippen LogP contribution in [0.5, 0.6) is 0 Å². The number of hydrogen-bond donors (Lipinski definition) is 0. The Morgan fingerprint density at radius 2 is 2.03 bits per heavy atom. The summed E-state index contributed by atoms with van der Waals surface area (Å²) >= 11 is 0. The van der Waals surface area contributed by atoms with Crippen LogP contribution in [-0.2, 0) is 16.1 Å². The molecule has 0 bridgehead atoms. The van der Waals surface area contributed by atoms with Gasteiger partial charge in [0, 0.05) is 18.5 Å². The van der Waals surface area contributed by atoms with Crippen LogP contribution in [0, 0.1) is 25.2 Å². The number of fused-ring (bicyclic) bond motifs is 2. The first-order chi connectivity index (χ1) is 13.8. The molecular weight excluding hydrogens is 366 g/mol. The van der Waals surface area contributed by atoms with Crippen LogP contribution < -0.4 is 4.90 Å². The Balaban J connectivity index is 1.34. The van der Waals surface area contributed by atoms with Crippen LogP contribution >= 0.6 is 0 Å². The molecule has 3 atom stereocenters. The summed E-state index contributed by atoms with van der Waals surface area (Å²) in [5.41, 5.74) is 4.08. The van der Waals surface area contributed by atoms with Gasteiger partial charge in [-0.1, -0.05) is 6.92 Å². The molecule has 2 aliphatic carbocycles. The van der Waals surface area contributed by atoms with Crippen LogP contribution in [0.25, 0.3) is 0 Å². The lowest BCUT2D eigenvalue weighted by Gasteiger charge is -2.34. The molecule has 3 heterocycles. The van der Waals surface area contributed by atoms with Gasteiger partial charge in [-0.2, -0.15) is 0 Å². The SMILES string of the molecule is CC(=O)CN1Cc2nc(N3CCC(OCC4(C)CC4)C4CC43)c(C)c(C)c2C1=O. The molecule has 0 spiro atoms. The molecule has 0 radical (unpaired) electrons. The number of rotatable bonds is 6. The molecule has 2 saturated carbocycles. The van der Waals surface area contributed by atoms with Crippen LogP contribution in [0.15, 0.2) is 0 Å². The van der Waals surface area contributed by atoms with E-state index in [1.807, 2.05) is 6.92 Å². The Hall–Kier alpha value is -1.95. The van der Waals surface area contributed by atoms with E-state index in [0.29, 0.717) is 35.6 Å². The van der Waals surface area contributed by atoms with Crippen molar-refractivity contribution in [3.8, 4) is 0 Å². The minimum atomic E-state index is -0.0557. The molecular formula is C23H31N3O3. The van der Waals surface area contributed by atoms with Gasteiger partial charge in [0.05, 0.1) is 37.1 Å². The van der Waals surface area contributed by atoms with Crippen LogP contribution in [0.4, 0.5) is 5.82 Å². The second-order valence-corrected chi connectivity index (χ2v) is 9.98. The number of pyridine rings is 1. The third-order valence-corrected chi connectivity index (χ3v) is 7.42. The van der Waals surface area contributed by atoms with Gasteiger partial charge in [-0.15, -0.1) is 0 Å². The number of nitrogens with zero attached hydrogens (tertiary/aromatic N) is 3. The first-order valence-corrected chi connectivity index (χ1v) is 10.9. The molecule has 6 heteroatoms. The molecule has 6 nitrogen and oxygen atoms in total. The van der Waals surface area contributed by atoms with Crippen LogP contribution in [0.3, 0.4) is 0 Å². The molecule has 5 rings (SSSR count). The Labute approximate surface area is 172 Å². The molecule has 2 aliphatic heterocycles. The van der Waals surface area contributed by atoms with Crippen molar-refractivity contribution in [3.63, 3.8) is 0 Å². The number of carbonyl (C=O) groups is 2. The van der Waals surface area contributed by atoms with E-state index in [9.17, 15) is 9.59 Å². The summed E-state index contributed by atoms with van der Waals surface area (Å²) < 4.78 is 6.31. The van der Waals surface area contributed by atoms with E-state index in [2.05, 4.69) is 18.7 Å². The summed E-state index contributed by atoms with van der Waals surface area (Å²) in [4.78, 5) is 33.3. The van der Waals surface area contributed by atoms with Gasteiger partial charge in [0.1, 0.15) is 11.6 Å². The summed E-state index contributed by atoms with van der Waals surface area (Å²) in [6.07, 6.45) is 5.21. The van der Waals surface area contributed by atoms with Gasteiger partial charge in [0.25, 0.3) is 5.91 Å². The van der Waals surface area contributed by atoms with Crippen molar-refractivity contribution in [2.24, 2.45) is 11.3 Å². The van der Waals surface area contributed by atoms with Gasteiger partial charge in [-0.3, -0.25) is 9.59 Å². The fourth-order valence-electron chi connectivity index (χ4n) is 5.06. The zero-order valence-corrected chi connectivity index (χ0v) is 18.0. The van der Waals surface area contributed by atoms with E-state index in [4.69, 9.17) is 9.72 Å². The zero-order chi connectivity index (χ0) is 20.5. The Bertz CT molecular complexity index is 892. The lowest BCUT2D eigenvalue weighted by Crippen LogP contribution is -2.40. The summed E-state index contributed by atoms with van der Waals surface area (Å²) in [7, 11) is 0. The fraction of sp³-hybridized carbons (Fsp3) is 0.696. The number of piperidine rings is 1. The number of hydrogen-bond acceptors (Lipinski definition) is 5. The number of Topliss-reactive ketones (excluding diaryl/α,β-unsaturated/α-hetero) is 1. The quantitative estimate of drug-likeness (QED) is 0.738. The highest BCUT2D eigenvalue weighted by Gasteiger charge is 2.52. The van der Waals surface area contributed by atoms with E-state index in [1.165, 1.54) is 26.2 Å². The summed E-state index contributed by atoms with van der Waals surface area (Å²) in [6.45, 7) is 10.4. The lowest BCUT2D eigenvalue weighted by molar-refractivity contribution is -0.117. The molecule has 156 valence electrons. The second kappa shape index (κ2) is 6.53. The van der Waals surface area contributed by atoms with Crippen molar-refractivity contribution in [2.75, 3.05) is 24.6 Å². The van der Waals surface area contributed by atoms with Gasteiger partial charge >= 0.3 is 0 Å². The summed E-state index contributed by atoms with van der Waals surface area (Å²) in [5.74, 6) is 1.58. The number of amides is 1. The van der Waals surface area contributed by atoms with Gasteiger partial charge in [-0.05, 0) is 63.0 Å². The van der Waals surface area contributed by atoms with Crippen molar-refractivity contribution in [2.45, 2.75) is 72.1 Å². The van der Waals surface area contributed by atoms with Crippen LogP contribution in [0.1, 0.15) is 66.7 Å². The number of anilines is 1. The van der Waals surface area contributed by atoms with Crippen LogP contribution in [0.2, 0.25) is 0 Å². The van der Waals surface area contributed by atoms with Gasteiger partial charge in [0.15, 0.2) is 0 Å². The topological polar surface area (TPSA) is 62.7 Å². The Morgan fingerprint density at radius 3 is 2.72 bits per heavy atom. The van der Waals surface area contributed by atoms with Gasteiger partial charge < -0.3 is 14.5 Å². The lowest BCUT2D eigenvalue weighted by atomic mass is 10.0. The zero-order valence-electron chi connectivity index (χ0n) is 18.0. The van der Waals surface area contributed by atoms with Crippen molar-refractivity contribution in [1.29, 1.82) is 0 Å². The fourth-order valence-corrected chi connectivity index (χ4v) is 5.06. The molecule has 0 aromatic carbocycles. The highest BCUT2D eigenvalue weighted by Crippen LogP contribution is 2.50. The normalized spacial score (nSPS) is 29.0. The minimum Gasteiger partial charge on any atom is -0.377 e. The van der Waals surface area contributed by atoms with Crippen molar-refractivity contribution in [3.05, 3.63) is 22.4 Å². The Kier molecular flexibility index (Phi) is 4.28. The average molecular weight is 398 g/mol. The highest BCUT2D eigenvalue weighted by molar-refractivity contribution is 6.01. The predicted octanol–water partition coefficient (Wildman–Crippen LogP) is 3.03. The number of carbonyl (C=O) groups excluding carboxylic acids is 2. The average Bonchev–Trinajstić information content (AvgIpc) is 3.57. The molecule has 1 saturated heterocycles. The van der Waals surface area contributed by atoms with Crippen molar-refractivity contribution in [1.82, 2.24) is 9.88 Å². The molecule has 1 aromatic rings. The summed E-state index contributed by atoms with van der Waals surface area (Å²) in [6, 6.07) is 0.509. The van der Waals surface area contributed by atoms with Crippen LogP contribution in [-0.4, -0.2) is 53.4 Å². The molecule has 0 N–H and O–H groups in total. The molecule has 4 aliphatic rings. The van der Waals surface area contributed by atoms with Crippen molar-refractivity contribution < 1.29 is 14.3 Å². The van der Waals surface area contributed by atoms with Gasteiger partial charge in [-0.25, -0.2) is 4.98 Å². The third kappa shape index (κ3) is 3.25. The van der Waals surface area contributed by atoms with E-state index >= 15 is 0 Å². The smallest absolute Gasteiger partial charge is 0.256 e. The summed E-state index contributed by atoms with van der Waals surface area (Å²) in [5, 5.41) is 0. The third-order valence-electron chi connectivity index (χ3n) is 7.42. The van der Waals surface area contributed by atoms with E-state index in [-0.39, 0.29) is 18.2 Å². The molecule has 29 heavy (non-hydrogen) atoms. The highest BCUT2D eigenvalue weighted by atomic mass is 16.5. The van der Waals surface area contributed by atoms with E-state index in [1.54, 1.807) is 4.90 Å². The largest absolute Gasteiger partial charge is 0.377 e.